The molecule has 0 bridgehead atoms. The monoisotopic (exact) mass is 404 g/mol. The molecule has 29 heavy (non-hydrogen) atoms. The Balaban J connectivity index is 1.81. The number of ether oxygens (including phenoxy) is 4. The second kappa shape index (κ2) is 12.9. The molecule has 2 rings (SSSR count). The quantitative estimate of drug-likeness (QED) is 0.330. The molecule has 4 nitrogen and oxygen atoms in total. The van der Waals surface area contributed by atoms with Crippen LogP contribution in [0.4, 0.5) is 0 Å². The van der Waals surface area contributed by atoms with Crippen LogP contribution in [0, 0.1) is 0 Å². The first-order valence-electron chi connectivity index (χ1n) is 11.2. The van der Waals surface area contributed by atoms with E-state index in [-0.39, 0.29) is 6.29 Å². The van der Waals surface area contributed by atoms with E-state index in [1.54, 1.807) is 12.5 Å². The van der Waals surface area contributed by atoms with Crippen LogP contribution in [0.2, 0.25) is 0 Å². The van der Waals surface area contributed by atoms with E-state index in [1.807, 2.05) is 6.92 Å². The molecule has 0 saturated carbocycles. The predicted molar refractivity (Wildman–Crippen MR) is 118 cm³/mol. The predicted octanol–water partition coefficient (Wildman–Crippen LogP) is 6.94. The zero-order valence-corrected chi connectivity index (χ0v) is 18.9. The third-order valence-corrected chi connectivity index (χ3v) is 5.36. The fraction of sp³-hybridized carbons (Fsp3) is 0.680. The fourth-order valence-corrected chi connectivity index (χ4v) is 3.50. The van der Waals surface area contributed by atoms with Crippen LogP contribution in [0.3, 0.4) is 0 Å². The van der Waals surface area contributed by atoms with Gasteiger partial charge in [0.25, 0.3) is 0 Å². The van der Waals surface area contributed by atoms with Gasteiger partial charge in [-0.1, -0.05) is 29.4 Å². The summed E-state index contributed by atoms with van der Waals surface area (Å²) in [5.74, 6) is -0.531. The Bertz CT molecular complexity index is 582. The third kappa shape index (κ3) is 10.2. The Hall–Kier alpha value is -1.52. The lowest BCUT2D eigenvalue weighted by Crippen LogP contribution is -2.25. The highest BCUT2D eigenvalue weighted by molar-refractivity contribution is 5.08. The van der Waals surface area contributed by atoms with Gasteiger partial charge < -0.3 is 18.9 Å². The van der Waals surface area contributed by atoms with Crippen molar-refractivity contribution in [2.75, 3.05) is 13.2 Å². The van der Waals surface area contributed by atoms with Crippen LogP contribution in [0.15, 0.2) is 47.5 Å². The van der Waals surface area contributed by atoms with Crippen LogP contribution in [0.25, 0.3) is 0 Å². The van der Waals surface area contributed by atoms with E-state index in [9.17, 15) is 0 Å². The van der Waals surface area contributed by atoms with Gasteiger partial charge in [-0.15, -0.1) is 0 Å². The molecule has 0 aromatic rings. The lowest BCUT2D eigenvalue weighted by molar-refractivity contribution is -0.157. The van der Waals surface area contributed by atoms with Gasteiger partial charge in [0.15, 0.2) is 6.29 Å². The van der Waals surface area contributed by atoms with Crippen molar-refractivity contribution in [2.24, 2.45) is 0 Å². The summed E-state index contributed by atoms with van der Waals surface area (Å²) in [6, 6.07) is 0. The lowest BCUT2D eigenvalue weighted by atomic mass is 10.0. The first-order valence-corrected chi connectivity index (χ1v) is 11.2. The van der Waals surface area contributed by atoms with Gasteiger partial charge in [0, 0.05) is 20.0 Å². The van der Waals surface area contributed by atoms with Crippen molar-refractivity contribution in [3.05, 3.63) is 47.5 Å². The normalized spacial score (nSPS) is 21.6. The molecule has 0 aliphatic carbocycles. The van der Waals surface area contributed by atoms with E-state index in [0.29, 0.717) is 6.61 Å². The minimum absolute atomic E-state index is 0.0447. The maximum atomic E-state index is 6.05. The molecule has 1 unspecified atom stereocenters. The van der Waals surface area contributed by atoms with Crippen LogP contribution in [0.5, 0.6) is 0 Å². The van der Waals surface area contributed by atoms with Gasteiger partial charge in [0.2, 0.25) is 5.79 Å². The highest BCUT2D eigenvalue weighted by Crippen LogP contribution is 2.26. The van der Waals surface area contributed by atoms with Crippen molar-refractivity contribution >= 4 is 0 Å². The molecule has 1 saturated heterocycles. The second-order valence-electron chi connectivity index (χ2n) is 8.56. The third-order valence-electron chi connectivity index (χ3n) is 5.36. The maximum absolute atomic E-state index is 6.05. The Morgan fingerprint density at radius 3 is 2.45 bits per heavy atom. The highest BCUT2D eigenvalue weighted by Gasteiger charge is 2.28. The van der Waals surface area contributed by atoms with E-state index in [2.05, 4.69) is 39.0 Å². The van der Waals surface area contributed by atoms with Crippen LogP contribution in [-0.4, -0.2) is 25.3 Å². The summed E-state index contributed by atoms with van der Waals surface area (Å²) in [7, 11) is 0. The molecule has 0 N–H and O–H groups in total. The minimum atomic E-state index is -0.531. The summed E-state index contributed by atoms with van der Waals surface area (Å²) >= 11 is 0. The minimum Gasteiger partial charge on any atom is -0.457 e. The van der Waals surface area contributed by atoms with Gasteiger partial charge in [-0.25, -0.2) is 0 Å². The Morgan fingerprint density at radius 2 is 1.76 bits per heavy atom. The van der Waals surface area contributed by atoms with Crippen molar-refractivity contribution in [1.82, 2.24) is 0 Å². The van der Waals surface area contributed by atoms with Gasteiger partial charge >= 0.3 is 0 Å². The molecular formula is C25H40O4. The molecule has 0 aromatic heterocycles. The molecule has 2 aliphatic rings. The molecule has 1 fully saturated rings. The first-order chi connectivity index (χ1) is 14.0. The summed E-state index contributed by atoms with van der Waals surface area (Å²) < 4.78 is 22.9. The van der Waals surface area contributed by atoms with Crippen molar-refractivity contribution in [1.29, 1.82) is 0 Å². The summed E-state index contributed by atoms with van der Waals surface area (Å²) in [6.45, 7) is 9.99. The fourth-order valence-electron chi connectivity index (χ4n) is 3.50. The number of hydrogen-bond acceptors (Lipinski definition) is 4. The summed E-state index contributed by atoms with van der Waals surface area (Å²) in [5, 5.41) is 0. The zero-order valence-electron chi connectivity index (χ0n) is 18.9. The van der Waals surface area contributed by atoms with Gasteiger partial charge in [-0.05, 0) is 77.7 Å². The van der Waals surface area contributed by atoms with Crippen LogP contribution in [0.1, 0.15) is 85.5 Å². The molecule has 2 heterocycles. The van der Waals surface area contributed by atoms with Crippen LogP contribution in [-0.2, 0) is 18.9 Å². The van der Waals surface area contributed by atoms with E-state index in [1.165, 1.54) is 23.1 Å². The zero-order chi connectivity index (χ0) is 21.0. The van der Waals surface area contributed by atoms with Gasteiger partial charge in [-0.3, -0.25) is 0 Å². The van der Waals surface area contributed by atoms with Gasteiger partial charge in [0.05, 0.1) is 6.61 Å². The smallest absolute Gasteiger partial charge is 0.247 e. The average molecular weight is 405 g/mol. The molecule has 1 atom stereocenters. The summed E-state index contributed by atoms with van der Waals surface area (Å²) in [4.78, 5) is 0. The van der Waals surface area contributed by atoms with E-state index in [0.717, 1.165) is 58.0 Å². The van der Waals surface area contributed by atoms with E-state index < -0.39 is 5.79 Å². The number of allylic oxidation sites excluding steroid dienone is 5. The van der Waals surface area contributed by atoms with Crippen molar-refractivity contribution in [3.8, 4) is 0 Å². The maximum Gasteiger partial charge on any atom is 0.247 e. The number of hydrogen-bond donors (Lipinski definition) is 0. The molecular weight excluding hydrogens is 364 g/mol. The van der Waals surface area contributed by atoms with E-state index in [4.69, 9.17) is 18.9 Å². The molecule has 164 valence electrons. The molecule has 0 amide bonds. The molecule has 4 heteroatoms. The van der Waals surface area contributed by atoms with Crippen molar-refractivity contribution in [2.45, 2.75) is 97.6 Å². The Kier molecular flexibility index (Phi) is 10.6. The molecule has 0 aromatic carbocycles. The highest BCUT2D eigenvalue weighted by atomic mass is 16.7. The van der Waals surface area contributed by atoms with Crippen molar-refractivity contribution in [3.63, 3.8) is 0 Å². The van der Waals surface area contributed by atoms with Crippen molar-refractivity contribution < 1.29 is 18.9 Å². The van der Waals surface area contributed by atoms with Gasteiger partial charge in [0.1, 0.15) is 12.5 Å². The largest absolute Gasteiger partial charge is 0.457 e. The Morgan fingerprint density at radius 1 is 1.00 bits per heavy atom. The van der Waals surface area contributed by atoms with Crippen LogP contribution < -0.4 is 0 Å². The topological polar surface area (TPSA) is 36.9 Å². The average Bonchev–Trinajstić information content (AvgIpc) is 3.12. The molecule has 0 spiro atoms. The van der Waals surface area contributed by atoms with E-state index >= 15 is 0 Å². The van der Waals surface area contributed by atoms with Crippen LogP contribution >= 0.6 is 0 Å². The SMILES string of the molecule is CC(C)=CCC/C(C)=C/CC/C(=C/CCC1(C)OC=CO1)COC1CCCCO1. The van der Waals surface area contributed by atoms with Gasteiger partial charge in [-0.2, -0.15) is 0 Å². The number of rotatable bonds is 12. The summed E-state index contributed by atoms with van der Waals surface area (Å²) in [6.07, 6.45) is 19.6. The molecule has 2 aliphatic heterocycles. The lowest BCUT2D eigenvalue weighted by Gasteiger charge is -2.24. The first kappa shape index (κ1) is 23.8. The second-order valence-corrected chi connectivity index (χ2v) is 8.56. The Labute approximate surface area is 177 Å². The molecule has 0 radical (unpaired) electrons. The standard InChI is InChI=1S/C25H40O4/c1-21(2)10-7-11-22(3)12-8-13-23(20-27-24-15-5-6-17-26-24)14-9-16-25(4)28-18-19-29-25/h10,12,14,18-19,24H,5-9,11,13,15-17,20H2,1-4H3/b22-12+,23-14-. The summed E-state index contributed by atoms with van der Waals surface area (Å²) in [5.41, 5.74) is 4.19.